The van der Waals surface area contributed by atoms with Crippen molar-refractivity contribution >= 4 is 11.8 Å². The monoisotopic (exact) mass is 167 g/mol. The summed E-state index contributed by atoms with van der Waals surface area (Å²) in [4.78, 5) is 23.3. The Balaban J connectivity index is 2.62. The lowest BCUT2D eigenvalue weighted by Gasteiger charge is -2.06. The summed E-state index contributed by atoms with van der Waals surface area (Å²) in [6.45, 7) is 4.00. The average Bonchev–Trinajstić information content (AvgIpc) is 2.28. The van der Waals surface area contributed by atoms with Crippen molar-refractivity contribution in [2.75, 3.05) is 0 Å². The molecule has 1 aliphatic rings. The molecule has 3 heteroatoms. The zero-order chi connectivity index (χ0) is 9.14. The lowest BCUT2D eigenvalue weighted by Crippen LogP contribution is -2.22. The molecule has 0 aliphatic carbocycles. The fourth-order valence-corrected chi connectivity index (χ4v) is 1.02. The first-order valence-electron chi connectivity index (χ1n) is 4.14. The summed E-state index contributed by atoms with van der Waals surface area (Å²) >= 11 is 0. The molecule has 0 radical (unpaired) electrons. The zero-order valence-electron chi connectivity index (χ0n) is 7.41. The van der Waals surface area contributed by atoms with Crippen LogP contribution in [0.4, 0.5) is 0 Å². The van der Waals surface area contributed by atoms with E-state index in [1.807, 2.05) is 19.9 Å². The van der Waals surface area contributed by atoms with Crippen LogP contribution in [-0.4, -0.2) is 16.7 Å². The van der Waals surface area contributed by atoms with Crippen molar-refractivity contribution in [2.24, 2.45) is 5.92 Å². The van der Waals surface area contributed by atoms with Gasteiger partial charge in [0.05, 0.1) is 0 Å². The lowest BCUT2D eigenvalue weighted by atomic mass is 10.2. The standard InChI is InChI=1S/C9H13NO2/c1-7(2)5-6-10-8(11)3-4-9(10)12/h5-7H,3-4H2,1-2H3. The van der Waals surface area contributed by atoms with Crippen LogP contribution in [0.25, 0.3) is 0 Å². The molecule has 0 atom stereocenters. The second-order valence-electron chi connectivity index (χ2n) is 3.24. The van der Waals surface area contributed by atoms with E-state index < -0.39 is 0 Å². The quantitative estimate of drug-likeness (QED) is 0.581. The molecule has 1 saturated heterocycles. The van der Waals surface area contributed by atoms with Crippen molar-refractivity contribution in [3.63, 3.8) is 0 Å². The molecule has 0 N–H and O–H groups in total. The summed E-state index contributed by atoms with van der Waals surface area (Å²) in [5.41, 5.74) is 0. The van der Waals surface area contributed by atoms with Gasteiger partial charge >= 0.3 is 0 Å². The van der Waals surface area contributed by atoms with E-state index in [1.165, 1.54) is 4.90 Å². The molecule has 0 saturated carbocycles. The van der Waals surface area contributed by atoms with Crippen LogP contribution in [-0.2, 0) is 9.59 Å². The van der Waals surface area contributed by atoms with Crippen molar-refractivity contribution < 1.29 is 9.59 Å². The van der Waals surface area contributed by atoms with E-state index >= 15 is 0 Å². The minimum atomic E-state index is -0.0862. The second-order valence-corrected chi connectivity index (χ2v) is 3.24. The molecular weight excluding hydrogens is 154 g/mol. The van der Waals surface area contributed by atoms with Crippen LogP contribution in [0.15, 0.2) is 12.3 Å². The fraction of sp³-hybridized carbons (Fsp3) is 0.556. The number of amides is 2. The molecule has 2 amide bonds. The maximum absolute atomic E-state index is 11.1. The van der Waals surface area contributed by atoms with Gasteiger partial charge in [0, 0.05) is 19.0 Å². The van der Waals surface area contributed by atoms with E-state index in [2.05, 4.69) is 0 Å². The highest BCUT2D eigenvalue weighted by Gasteiger charge is 2.26. The molecule has 0 aromatic carbocycles. The normalized spacial score (nSPS) is 18.8. The van der Waals surface area contributed by atoms with Crippen molar-refractivity contribution in [1.82, 2.24) is 4.90 Å². The van der Waals surface area contributed by atoms with Gasteiger partial charge in [-0.2, -0.15) is 0 Å². The van der Waals surface area contributed by atoms with Crippen molar-refractivity contribution in [3.8, 4) is 0 Å². The summed E-state index contributed by atoms with van der Waals surface area (Å²) in [5, 5.41) is 0. The first kappa shape index (κ1) is 8.97. The van der Waals surface area contributed by atoms with Gasteiger partial charge < -0.3 is 0 Å². The average molecular weight is 167 g/mol. The van der Waals surface area contributed by atoms with Crippen LogP contribution in [0, 0.1) is 5.92 Å². The summed E-state index contributed by atoms with van der Waals surface area (Å²) in [5.74, 6) is 0.194. The van der Waals surface area contributed by atoms with Crippen LogP contribution < -0.4 is 0 Å². The second kappa shape index (κ2) is 3.52. The minimum absolute atomic E-state index is 0.0862. The van der Waals surface area contributed by atoms with Crippen molar-refractivity contribution in [2.45, 2.75) is 26.7 Å². The number of allylic oxidation sites excluding steroid dienone is 1. The fourth-order valence-electron chi connectivity index (χ4n) is 1.02. The topological polar surface area (TPSA) is 37.4 Å². The van der Waals surface area contributed by atoms with Gasteiger partial charge in [0.15, 0.2) is 0 Å². The van der Waals surface area contributed by atoms with Gasteiger partial charge in [-0.05, 0) is 5.92 Å². The molecule has 12 heavy (non-hydrogen) atoms. The predicted molar refractivity (Wildman–Crippen MR) is 45.1 cm³/mol. The molecule has 1 fully saturated rings. The number of rotatable bonds is 2. The van der Waals surface area contributed by atoms with Crippen molar-refractivity contribution in [3.05, 3.63) is 12.3 Å². The highest BCUT2D eigenvalue weighted by atomic mass is 16.2. The van der Waals surface area contributed by atoms with E-state index in [0.29, 0.717) is 18.8 Å². The molecule has 0 bridgehead atoms. The van der Waals surface area contributed by atoms with E-state index in [9.17, 15) is 9.59 Å². The third-order valence-electron chi connectivity index (χ3n) is 1.71. The molecule has 0 unspecified atom stereocenters. The minimum Gasteiger partial charge on any atom is -0.274 e. The van der Waals surface area contributed by atoms with Gasteiger partial charge in [-0.25, -0.2) is 0 Å². The Hall–Kier alpha value is -1.12. The number of nitrogens with zero attached hydrogens (tertiary/aromatic N) is 1. The largest absolute Gasteiger partial charge is 0.274 e. The number of carbonyl (C=O) groups is 2. The third kappa shape index (κ3) is 1.94. The predicted octanol–water partition coefficient (Wildman–Crippen LogP) is 1.31. The van der Waals surface area contributed by atoms with Crippen LogP contribution in [0.2, 0.25) is 0 Å². The van der Waals surface area contributed by atoms with Gasteiger partial charge in [0.2, 0.25) is 11.8 Å². The number of hydrogen-bond acceptors (Lipinski definition) is 2. The van der Waals surface area contributed by atoms with E-state index in [4.69, 9.17) is 0 Å². The molecule has 0 aromatic heterocycles. The van der Waals surface area contributed by atoms with Crippen LogP contribution >= 0.6 is 0 Å². The Kier molecular flexibility index (Phi) is 2.63. The molecule has 0 spiro atoms. The molecular formula is C9H13NO2. The summed E-state index contributed by atoms with van der Waals surface area (Å²) in [6, 6.07) is 0. The van der Waals surface area contributed by atoms with Gasteiger partial charge in [-0.3, -0.25) is 14.5 Å². The number of imide groups is 1. The summed E-state index contributed by atoms with van der Waals surface area (Å²) < 4.78 is 0. The third-order valence-corrected chi connectivity index (χ3v) is 1.71. The van der Waals surface area contributed by atoms with E-state index in [-0.39, 0.29) is 11.8 Å². The first-order chi connectivity index (χ1) is 5.61. The Bertz CT molecular complexity index is 215. The maximum Gasteiger partial charge on any atom is 0.233 e. The number of carbonyl (C=O) groups excluding carboxylic acids is 2. The maximum atomic E-state index is 11.1. The summed E-state index contributed by atoms with van der Waals surface area (Å²) in [6.07, 6.45) is 4.16. The zero-order valence-corrected chi connectivity index (χ0v) is 7.41. The highest BCUT2D eigenvalue weighted by Crippen LogP contribution is 2.12. The lowest BCUT2D eigenvalue weighted by molar-refractivity contribution is -0.135. The van der Waals surface area contributed by atoms with Gasteiger partial charge in [-0.15, -0.1) is 0 Å². The van der Waals surface area contributed by atoms with Crippen molar-refractivity contribution in [1.29, 1.82) is 0 Å². The van der Waals surface area contributed by atoms with Crippen LogP contribution in [0.1, 0.15) is 26.7 Å². The van der Waals surface area contributed by atoms with Crippen LogP contribution in [0.3, 0.4) is 0 Å². The van der Waals surface area contributed by atoms with Gasteiger partial charge in [0.1, 0.15) is 0 Å². The van der Waals surface area contributed by atoms with Crippen LogP contribution in [0.5, 0.6) is 0 Å². The number of hydrogen-bond donors (Lipinski definition) is 0. The molecule has 1 aliphatic heterocycles. The smallest absolute Gasteiger partial charge is 0.233 e. The Morgan fingerprint density at radius 2 is 1.75 bits per heavy atom. The molecule has 1 heterocycles. The molecule has 3 nitrogen and oxygen atoms in total. The highest BCUT2D eigenvalue weighted by molar-refractivity contribution is 6.02. The van der Waals surface area contributed by atoms with E-state index in [1.54, 1.807) is 6.20 Å². The van der Waals surface area contributed by atoms with Gasteiger partial charge in [0.25, 0.3) is 0 Å². The SMILES string of the molecule is CC(C)C=CN1C(=O)CCC1=O. The Labute approximate surface area is 72.0 Å². The Morgan fingerprint density at radius 1 is 1.25 bits per heavy atom. The first-order valence-corrected chi connectivity index (χ1v) is 4.14. The van der Waals surface area contributed by atoms with Gasteiger partial charge in [-0.1, -0.05) is 19.9 Å². The Morgan fingerprint density at radius 3 is 2.17 bits per heavy atom. The van der Waals surface area contributed by atoms with E-state index in [0.717, 1.165) is 0 Å². The molecule has 0 aromatic rings. The molecule has 66 valence electrons. The molecule has 1 rings (SSSR count). The number of likely N-dealkylation sites (tertiary alicyclic amines) is 1. The summed E-state index contributed by atoms with van der Waals surface area (Å²) in [7, 11) is 0.